The molecule has 0 aromatic heterocycles. The predicted molar refractivity (Wildman–Crippen MR) is 74.4 cm³/mol. The van der Waals surface area contributed by atoms with Crippen molar-refractivity contribution in [1.29, 1.82) is 0 Å². The van der Waals surface area contributed by atoms with Crippen LogP contribution in [0.4, 0.5) is 5.69 Å². The Morgan fingerprint density at radius 1 is 1.47 bits per heavy atom. The Labute approximate surface area is 117 Å². The normalized spacial score (nSPS) is 11.3. The Morgan fingerprint density at radius 2 is 2.11 bits per heavy atom. The predicted octanol–water partition coefficient (Wildman–Crippen LogP) is 0.679. The van der Waals surface area contributed by atoms with Crippen molar-refractivity contribution in [3.63, 3.8) is 0 Å². The van der Waals surface area contributed by atoms with E-state index in [1.165, 1.54) is 23.1 Å². The number of rotatable bonds is 5. The number of nitrogen functional groups attached to an aromatic ring is 1. The molecule has 0 saturated carbocycles. The molecule has 1 rings (SSSR count). The van der Waals surface area contributed by atoms with E-state index in [0.29, 0.717) is 12.2 Å². The standard InChI is InChI=1S/C11H16ClN3O3S/c1-3-15(2)11(16)7-14-19(17,18)10-5-4-8(13)6-9(10)12/h4-6,14H,3,7,13H2,1-2H3. The summed E-state index contributed by atoms with van der Waals surface area (Å²) in [4.78, 5) is 12.8. The molecule has 0 aliphatic carbocycles. The van der Waals surface area contributed by atoms with Crippen LogP contribution in [0.25, 0.3) is 0 Å². The molecule has 0 aliphatic rings. The molecule has 0 fully saturated rings. The third kappa shape index (κ3) is 4.09. The maximum absolute atomic E-state index is 12.0. The highest BCUT2D eigenvalue weighted by Gasteiger charge is 2.19. The molecular weight excluding hydrogens is 290 g/mol. The number of halogens is 1. The Hall–Kier alpha value is -1.31. The molecule has 0 aliphatic heterocycles. The molecule has 0 bridgehead atoms. The van der Waals surface area contributed by atoms with Crippen LogP contribution in [0, 0.1) is 0 Å². The number of nitrogens with two attached hydrogens (primary N) is 1. The van der Waals surface area contributed by atoms with Crippen molar-refractivity contribution in [2.24, 2.45) is 0 Å². The molecule has 1 aromatic rings. The maximum Gasteiger partial charge on any atom is 0.242 e. The Bertz CT molecular complexity index is 575. The summed E-state index contributed by atoms with van der Waals surface area (Å²) in [6.07, 6.45) is 0. The molecule has 3 N–H and O–H groups in total. The van der Waals surface area contributed by atoms with Gasteiger partial charge in [0.05, 0.1) is 11.6 Å². The second kappa shape index (κ2) is 6.23. The zero-order chi connectivity index (χ0) is 14.6. The monoisotopic (exact) mass is 305 g/mol. The van der Waals surface area contributed by atoms with Crippen molar-refractivity contribution in [3.05, 3.63) is 23.2 Å². The number of nitrogens with zero attached hydrogens (tertiary/aromatic N) is 1. The van der Waals surface area contributed by atoms with Crippen molar-refractivity contribution in [3.8, 4) is 0 Å². The number of likely N-dealkylation sites (N-methyl/N-ethyl adjacent to an activating group) is 1. The Morgan fingerprint density at radius 3 is 2.63 bits per heavy atom. The summed E-state index contributed by atoms with van der Waals surface area (Å²) in [7, 11) is -2.24. The van der Waals surface area contributed by atoms with E-state index < -0.39 is 10.0 Å². The van der Waals surface area contributed by atoms with E-state index in [2.05, 4.69) is 4.72 Å². The lowest BCUT2D eigenvalue weighted by Crippen LogP contribution is -2.38. The number of anilines is 1. The minimum absolute atomic E-state index is 0.0174. The quantitative estimate of drug-likeness (QED) is 0.782. The van der Waals surface area contributed by atoms with Crippen LogP contribution in [0.15, 0.2) is 23.1 Å². The first-order valence-electron chi connectivity index (χ1n) is 5.56. The third-order valence-electron chi connectivity index (χ3n) is 2.56. The van der Waals surface area contributed by atoms with Gasteiger partial charge in [0.15, 0.2) is 0 Å². The van der Waals surface area contributed by atoms with E-state index >= 15 is 0 Å². The van der Waals surface area contributed by atoms with Gasteiger partial charge in [-0.15, -0.1) is 0 Å². The second-order valence-corrected chi connectivity index (χ2v) is 6.06. The van der Waals surface area contributed by atoms with E-state index in [4.69, 9.17) is 17.3 Å². The lowest BCUT2D eigenvalue weighted by molar-refractivity contribution is -0.128. The highest BCUT2D eigenvalue weighted by atomic mass is 35.5. The molecule has 6 nitrogen and oxygen atoms in total. The number of carbonyl (C=O) groups is 1. The van der Waals surface area contributed by atoms with Crippen molar-refractivity contribution in [2.75, 3.05) is 25.9 Å². The highest BCUT2D eigenvalue weighted by molar-refractivity contribution is 7.89. The smallest absolute Gasteiger partial charge is 0.242 e. The SMILES string of the molecule is CCN(C)C(=O)CNS(=O)(=O)c1ccc(N)cc1Cl. The Balaban J connectivity index is 2.85. The lowest BCUT2D eigenvalue weighted by atomic mass is 10.3. The van der Waals surface area contributed by atoms with Crippen LogP contribution >= 0.6 is 11.6 Å². The van der Waals surface area contributed by atoms with Crippen molar-refractivity contribution in [1.82, 2.24) is 9.62 Å². The lowest BCUT2D eigenvalue weighted by Gasteiger charge is -2.15. The summed E-state index contributed by atoms with van der Waals surface area (Å²) in [5.74, 6) is -0.322. The number of sulfonamides is 1. The largest absolute Gasteiger partial charge is 0.399 e. The van der Waals surface area contributed by atoms with Gasteiger partial charge < -0.3 is 10.6 Å². The number of amides is 1. The van der Waals surface area contributed by atoms with E-state index in [1.54, 1.807) is 14.0 Å². The first kappa shape index (κ1) is 15.7. The number of nitrogens with one attached hydrogen (secondary N) is 1. The van der Waals surface area contributed by atoms with Gasteiger partial charge in [0.1, 0.15) is 4.90 Å². The molecule has 0 spiro atoms. The van der Waals surface area contributed by atoms with E-state index in [0.717, 1.165) is 0 Å². The fraction of sp³-hybridized carbons (Fsp3) is 0.364. The van der Waals surface area contributed by atoms with Gasteiger partial charge in [-0.25, -0.2) is 13.1 Å². The van der Waals surface area contributed by atoms with Crippen molar-refractivity contribution < 1.29 is 13.2 Å². The van der Waals surface area contributed by atoms with Crippen molar-refractivity contribution >= 4 is 33.2 Å². The average molecular weight is 306 g/mol. The summed E-state index contributed by atoms with van der Waals surface area (Å²) >= 11 is 5.82. The summed E-state index contributed by atoms with van der Waals surface area (Å²) in [5.41, 5.74) is 5.86. The summed E-state index contributed by atoms with van der Waals surface area (Å²) in [5, 5.41) is 0.0174. The van der Waals surface area contributed by atoms with E-state index in [-0.39, 0.29) is 22.4 Å². The van der Waals surface area contributed by atoms with Gasteiger partial charge in [-0.3, -0.25) is 4.79 Å². The molecule has 106 valence electrons. The number of benzene rings is 1. The molecule has 0 atom stereocenters. The average Bonchev–Trinajstić information content (AvgIpc) is 2.34. The zero-order valence-corrected chi connectivity index (χ0v) is 12.3. The maximum atomic E-state index is 12.0. The van der Waals surface area contributed by atoms with Crippen LogP contribution in [0.3, 0.4) is 0 Å². The third-order valence-corrected chi connectivity index (χ3v) is 4.44. The summed E-state index contributed by atoms with van der Waals surface area (Å²) < 4.78 is 26.2. The molecule has 19 heavy (non-hydrogen) atoms. The second-order valence-electron chi connectivity index (χ2n) is 3.92. The van der Waals surface area contributed by atoms with Gasteiger partial charge in [-0.05, 0) is 25.1 Å². The van der Waals surface area contributed by atoms with Gasteiger partial charge in [-0.2, -0.15) is 0 Å². The van der Waals surface area contributed by atoms with Gasteiger partial charge in [-0.1, -0.05) is 11.6 Å². The van der Waals surface area contributed by atoms with Crippen LogP contribution in [0.5, 0.6) is 0 Å². The molecular formula is C11H16ClN3O3S. The fourth-order valence-corrected chi connectivity index (χ4v) is 2.81. The number of hydrogen-bond donors (Lipinski definition) is 2. The van der Waals surface area contributed by atoms with Crippen LogP contribution in [-0.4, -0.2) is 39.4 Å². The Kier molecular flexibility index (Phi) is 5.16. The molecule has 8 heteroatoms. The summed E-state index contributed by atoms with van der Waals surface area (Å²) in [6, 6.07) is 4.07. The van der Waals surface area contributed by atoms with Crippen LogP contribution in [0.2, 0.25) is 5.02 Å². The molecule has 0 radical (unpaired) electrons. The van der Waals surface area contributed by atoms with Gasteiger partial charge in [0.2, 0.25) is 15.9 Å². The molecule has 0 saturated heterocycles. The first-order valence-corrected chi connectivity index (χ1v) is 7.42. The number of carbonyl (C=O) groups excluding carboxylic acids is 1. The van der Waals surface area contributed by atoms with E-state index in [9.17, 15) is 13.2 Å². The summed E-state index contributed by atoms with van der Waals surface area (Å²) in [6.45, 7) is 1.99. The van der Waals surface area contributed by atoms with Gasteiger partial charge in [0.25, 0.3) is 0 Å². The van der Waals surface area contributed by atoms with E-state index in [1.807, 2.05) is 0 Å². The molecule has 0 heterocycles. The molecule has 0 unspecified atom stereocenters. The van der Waals surface area contributed by atoms with Crippen LogP contribution in [0.1, 0.15) is 6.92 Å². The molecule has 1 aromatic carbocycles. The highest BCUT2D eigenvalue weighted by Crippen LogP contribution is 2.23. The minimum Gasteiger partial charge on any atom is -0.399 e. The fourth-order valence-electron chi connectivity index (χ4n) is 1.28. The molecule has 1 amide bonds. The topological polar surface area (TPSA) is 92.5 Å². The van der Waals surface area contributed by atoms with Gasteiger partial charge in [0, 0.05) is 19.3 Å². The van der Waals surface area contributed by atoms with Crippen molar-refractivity contribution in [2.45, 2.75) is 11.8 Å². The van der Waals surface area contributed by atoms with Crippen LogP contribution < -0.4 is 10.5 Å². The van der Waals surface area contributed by atoms with Crippen LogP contribution in [-0.2, 0) is 14.8 Å². The zero-order valence-electron chi connectivity index (χ0n) is 10.7. The first-order chi connectivity index (χ1) is 8.77. The number of hydrogen-bond acceptors (Lipinski definition) is 4. The minimum atomic E-state index is -3.83. The van der Waals surface area contributed by atoms with Gasteiger partial charge >= 0.3 is 0 Å².